The molecule has 0 saturated heterocycles. The van der Waals surface area contributed by atoms with Crippen LogP contribution in [0.4, 0.5) is 0 Å². The summed E-state index contributed by atoms with van der Waals surface area (Å²) in [6.07, 6.45) is 2.60. The quantitative estimate of drug-likeness (QED) is 0.713. The number of fused-ring (bicyclic) bond motifs is 2. The molecule has 1 aromatic carbocycles. The third kappa shape index (κ3) is 2.79. The number of carbonyl (C=O) groups excluding carboxylic acids is 1. The molecule has 1 amide bonds. The maximum Gasteiger partial charge on any atom is 0.251 e. The van der Waals surface area contributed by atoms with Gasteiger partial charge in [0.1, 0.15) is 11.0 Å². The molecule has 4 rings (SSSR count). The second-order valence-corrected chi connectivity index (χ2v) is 5.99. The zero-order chi connectivity index (χ0) is 17.4. The van der Waals surface area contributed by atoms with Crippen LogP contribution in [0.1, 0.15) is 22.5 Å². The Bertz CT molecular complexity index is 943. The molecule has 3 aromatic rings. The van der Waals surface area contributed by atoms with Gasteiger partial charge in [-0.25, -0.2) is 0 Å². The van der Waals surface area contributed by atoms with E-state index in [2.05, 4.69) is 15.5 Å². The van der Waals surface area contributed by atoms with Crippen molar-refractivity contribution in [1.29, 1.82) is 0 Å². The van der Waals surface area contributed by atoms with Gasteiger partial charge in [-0.2, -0.15) is 10.2 Å². The van der Waals surface area contributed by atoms with Crippen LogP contribution in [-0.4, -0.2) is 38.8 Å². The average molecular weight is 341 g/mol. The predicted octanol–water partition coefficient (Wildman–Crippen LogP) is 1.63. The van der Waals surface area contributed by atoms with Crippen LogP contribution in [0.3, 0.4) is 0 Å². The van der Waals surface area contributed by atoms with Gasteiger partial charge in [-0.15, -0.1) is 0 Å². The lowest BCUT2D eigenvalue weighted by Crippen LogP contribution is -2.25. The number of nitrogens with zero attached hydrogens (tertiary/aromatic N) is 4. The molecule has 0 saturated carbocycles. The summed E-state index contributed by atoms with van der Waals surface area (Å²) >= 11 is 0. The first-order valence-corrected chi connectivity index (χ1v) is 8.16. The van der Waals surface area contributed by atoms with E-state index in [-0.39, 0.29) is 12.7 Å². The second kappa shape index (κ2) is 6.12. The van der Waals surface area contributed by atoms with E-state index in [0.29, 0.717) is 23.6 Å². The zero-order valence-corrected chi connectivity index (χ0v) is 14.2. The summed E-state index contributed by atoms with van der Waals surface area (Å²) < 4.78 is 14.3. The minimum absolute atomic E-state index is 0.124. The second-order valence-electron chi connectivity index (χ2n) is 5.99. The third-order valence-corrected chi connectivity index (χ3v) is 4.28. The monoisotopic (exact) mass is 341 g/mol. The number of aromatic nitrogens is 4. The summed E-state index contributed by atoms with van der Waals surface area (Å²) in [5, 5.41) is 11.7. The summed E-state index contributed by atoms with van der Waals surface area (Å²) in [7, 11) is 1.91. The molecule has 0 radical (unpaired) electrons. The molecule has 8 heteroatoms. The van der Waals surface area contributed by atoms with Crippen molar-refractivity contribution >= 4 is 16.9 Å². The molecule has 0 bridgehead atoms. The standard InChI is InChI=1S/C17H19N5O3/c1-11-16-13(21(2)20-11)9-19-22(16)7-3-6-18-17(23)12-4-5-14-15(8-12)25-10-24-14/h4-5,8-9H,3,6-7,10H2,1-2H3,(H,18,23). The van der Waals surface area contributed by atoms with Gasteiger partial charge in [-0.1, -0.05) is 0 Å². The number of rotatable bonds is 5. The van der Waals surface area contributed by atoms with Gasteiger partial charge < -0.3 is 14.8 Å². The smallest absolute Gasteiger partial charge is 0.251 e. The molecule has 2 aromatic heterocycles. The fraction of sp³-hybridized carbons (Fsp3) is 0.353. The van der Waals surface area contributed by atoms with Crippen LogP contribution >= 0.6 is 0 Å². The van der Waals surface area contributed by atoms with Gasteiger partial charge in [0.25, 0.3) is 5.91 Å². The molecule has 0 atom stereocenters. The van der Waals surface area contributed by atoms with Gasteiger partial charge in [-0.3, -0.25) is 14.2 Å². The van der Waals surface area contributed by atoms with Gasteiger partial charge in [0, 0.05) is 25.7 Å². The van der Waals surface area contributed by atoms with Crippen molar-refractivity contribution in [3.8, 4) is 11.5 Å². The van der Waals surface area contributed by atoms with Crippen LogP contribution in [0.5, 0.6) is 11.5 Å². The Balaban J connectivity index is 1.34. The van der Waals surface area contributed by atoms with E-state index in [0.717, 1.165) is 29.7 Å². The Kier molecular flexibility index (Phi) is 3.79. The van der Waals surface area contributed by atoms with E-state index in [9.17, 15) is 4.79 Å². The van der Waals surface area contributed by atoms with Crippen LogP contribution in [0.2, 0.25) is 0 Å². The number of nitrogens with one attached hydrogen (secondary N) is 1. The van der Waals surface area contributed by atoms with Crippen molar-refractivity contribution in [1.82, 2.24) is 24.9 Å². The number of hydrogen-bond acceptors (Lipinski definition) is 5. The minimum Gasteiger partial charge on any atom is -0.454 e. The Labute approximate surface area is 144 Å². The van der Waals surface area contributed by atoms with Gasteiger partial charge in [0.2, 0.25) is 6.79 Å². The molecular weight excluding hydrogens is 322 g/mol. The van der Waals surface area contributed by atoms with E-state index in [1.54, 1.807) is 18.2 Å². The lowest BCUT2D eigenvalue weighted by molar-refractivity contribution is 0.0952. The average Bonchev–Trinajstić information content (AvgIpc) is 3.29. The number of aryl methyl sites for hydroxylation is 3. The Morgan fingerprint density at radius 2 is 2.16 bits per heavy atom. The number of amides is 1. The van der Waals surface area contributed by atoms with Crippen molar-refractivity contribution < 1.29 is 14.3 Å². The lowest BCUT2D eigenvalue weighted by atomic mass is 10.2. The first-order chi connectivity index (χ1) is 12.1. The normalized spacial score (nSPS) is 12.7. The van der Waals surface area contributed by atoms with Gasteiger partial charge in [0.05, 0.1) is 11.9 Å². The fourth-order valence-corrected chi connectivity index (χ4v) is 3.05. The van der Waals surface area contributed by atoms with Crippen LogP contribution in [-0.2, 0) is 13.6 Å². The first-order valence-electron chi connectivity index (χ1n) is 8.16. The predicted molar refractivity (Wildman–Crippen MR) is 90.8 cm³/mol. The minimum atomic E-state index is -0.124. The van der Waals surface area contributed by atoms with Crippen LogP contribution in [0.15, 0.2) is 24.4 Å². The van der Waals surface area contributed by atoms with E-state index >= 15 is 0 Å². The molecule has 1 aliphatic heterocycles. The largest absolute Gasteiger partial charge is 0.454 e. The number of benzene rings is 1. The Morgan fingerprint density at radius 1 is 1.32 bits per heavy atom. The van der Waals surface area contributed by atoms with Crippen molar-refractivity contribution in [3.05, 3.63) is 35.7 Å². The highest BCUT2D eigenvalue weighted by Gasteiger charge is 2.16. The molecule has 8 nitrogen and oxygen atoms in total. The molecular formula is C17H19N5O3. The summed E-state index contributed by atoms with van der Waals surface area (Å²) in [4.78, 5) is 12.2. The summed E-state index contributed by atoms with van der Waals surface area (Å²) in [5.74, 6) is 1.16. The third-order valence-electron chi connectivity index (χ3n) is 4.28. The first kappa shape index (κ1) is 15.5. The van der Waals surface area contributed by atoms with Gasteiger partial charge >= 0.3 is 0 Å². The number of ether oxygens (including phenoxy) is 2. The highest BCUT2D eigenvalue weighted by molar-refractivity contribution is 5.94. The maximum absolute atomic E-state index is 12.2. The van der Waals surface area contributed by atoms with Crippen molar-refractivity contribution in [2.24, 2.45) is 7.05 Å². The highest BCUT2D eigenvalue weighted by Crippen LogP contribution is 2.32. The highest BCUT2D eigenvalue weighted by atomic mass is 16.7. The maximum atomic E-state index is 12.2. The Hall–Kier alpha value is -3.03. The van der Waals surface area contributed by atoms with Crippen LogP contribution < -0.4 is 14.8 Å². The molecule has 130 valence electrons. The molecule has 3 heterocycles. The SMILES string of the molecule is Cc1nn(C)c2cnn(CCCNC(=O)c3ccc4c(c3)OCO4)c12. The van der Waals surface area contributed by atoms with Crippen molar-refractivity contribution in [2.45, 2.75) is 19.9 Å². The molecule has 1 N–H and O–H groups in total. The van der Waals surface area contributed by atoms with E-state index in [4.69, 9.17) is 9.47 Å². The summed E-state index contributed by atoms with van der Waals surface area (Å²) in [5.41, 5.74) is 3.58. The van der Waals surface area contributed by atoms with Crippen LogP contribution in [0, 0.1) is 6.92 Å². The molecule has 0 spiro atoms. The van der Waals surface area contributed by atoms with E-state index < -0.39 is 0 Å². The van der Waals surface area contributed by atoms with Crippen molar-refractivity contribution in [3.63, 3.8) is 0 Å². The van der Waals surface area contributed by atoms with Gasteiger partial charge in [0.15, 0.2) is 11.5 Å². The van der Waals surface area contributed by atoms with E-state index in [1.807, 2.05) is 29.5 Å². The zero-order valence-electron chi connectivity index (χ0n) is 14.2. The molecule has 0 aliphatic carbocycles. The lowest BCUT2D eigenvalue weighted by Gasteiger charge is -2.07. The number of hydrogen-bond donors (Lipinski definition) is 1. The molecule has 0 fully saturated rings. The molecule has 25 heavy (non-hydrogen) atoms. The fourth-order valence-electron chi connectivity index (χ4n) is 3.05. The van der Waals surface area contributed by atoms with Crippen molar-refractivity contribution in [2.75, 3.05) is 13.3 Å². The Morgan fingerprint density at radius 3 is 3.04 bits per heavy atom. The number of carbonyl (C=O) groups is 1. The molecule has 1 aliphatic rings. The topological polar surface area (TPSA) is 83.2 Å². The van der Waals surface area contributed by atoms with Crippen LogP contribution in [0.25, 0.3) is 11.0 Å². The summed E-state index contributed by atoms with van der Waals surface area (Å²) in [6, 6.07) is 5.19. The van der Waals surface area contributed by atoms with Gasteiger partial charge in [-0.05, 0) is 31.5 Å². The summed E-state index contributed by atoms with van der Waals surface area (Å²) in [6.45, 7) is 3.46. The molecule has 0 unspecified atom stereocenters. The van der Waals surface area contributed by atoms with E-state index in [1.165, 1.54) is 0 Å².